The summed E-state index contributed by atoms with van der Waals surface area (Å²) in [6, 6.07) is 0. The van der Waals surface area contributed by atoms with E-state index in [1.165, 1.54) is 0 Å². The van der Waals surface area contributed by atoms with Crippen molar-refractivity contribution in [2.75, 3.05) is 0 Å². The van der Waals surface area contributed by atoms with E-state index < -0.39 is 0 Å². The number of rotatable bonds is 2. The van der Waals surface area contributed by atoms with Crippen LogP contribution < -0.4 is 4.57 Å². The molecular weight excluding hydrogens is 136 g/mol. The van der Waals surface area contributed by atoms with Gasteiger partial charge in [0, 0.05) is 6.08 Å². The summed E-state index contributed by atoms with van der Waals surface area (Å²) >= 11 is 0. The number of aromatic amines is 1. The third-order valence-corrected chi connectivity index (χ3v) is 1.38. The van der Waals surface area contributed by atoms with Gasteiger partial charge in [-0.1, -0.05) is 6.08 Å². The maximum atomic E-state index is 3.12. The minimum absolute atomic E-state index is 1.09. The standard InChI is InChI=1S/C9H12N2/c1-3-5-9-10-6-8-11(9)7-4-2/h3-8H,1-2H3/p+1. The minimum atomic E-state index is 1.09. The Morgan fingerprint density at radius 2 is 2.18 bits per heavy atom. The zero-order valence-electron chi connectivity index (χ0n) is 6.91. The van der Waals surface area contributed by atoms with Crippen LogP contribution in [0, 0.1) is 0 Å². The molecular formula is C9H13N2+. The molecule has 0 fully saturated rings. The summed E-state index contributed by atoms with van der Waals surface area (Å²) < 4.78 is 2.03. The fraction of sp³-hybridized carbons (Fsp3) is 0.222. The SMILES string of the molecule is CC=Cc1[nH]cc[n+]1C=CC. The fourth-order valence-electron chi connectivity index (χ4n) is 0.940. The van der Waals surface area contributed by atoms with Gasteiger partial charge >= 0.3 is 0 Å². The molecule has 0 spiro atoms. The molecule has 2 nitrogen and oxygen atoms in total. The van der Waals surface area contributed by atoms with Gasteiger partial charge in [0.2, 0.25) is 0 Å². The van der Waals surface area contributed by atoms with Crippen molar-refractivity contribution in [3.63, 3.8) is 0 Å². The summed E-state index contributed by atoms with van der Waals surface area (Å²) in [4.78, 5) is 3.12. The maximum Gasteiger partial charge on any atom is 0.283 e. The smallest absolute Gasteiger partial charge is 0.243 e. The van der Waals surface area contributed by atoms with E-state index in [4.69, 9.17) is 0 Å². The predicted molar refractivity (Wildman–Crippen MR) is 46.7 cm³/mol. The van der Waals surface area contributed by atoms with Crippen LogP contribution in [-0.2, 0) is 0 Å². The lowest BCUT2D eigenvalue weighted by Gasteiger charge is -1.84. The first-order valence-electron chi connectivity index (χ1n) is 3.72. The molecule has 0 aliphatic carbocycles. The Labute approximate surface area is 66.9 Å². The van der Waals surface area contributed by atoms with Crippen molar-refractivity contribution in [3.8, 4) is 0 Å². The van der Waals surface area contributed by atoms with E-state index in [1.54, 1.807) is 0 Å². The number of aromatic nitrogens is 2. The molecule has 0 unspecified atom stereocenters. The lowest BCUT2D eigenvalue weighted by atomic mass is 10.5. The maximum absolute atomic E-state index is 3.12. The highest BCUT2D eigenvalue weighted by atomic mass is 15.0. The highest BCUT2D eigenvalue weighted by molar-refractivity contribution is 5.36. The van der Waals surface area contributed by atoms with Gasteiger partial charge < -0.3 is 0 Å². The van der Waals surface area contributed by atoms with Crippen LogP contribution in [0.2, 0.25) is 0 Å². The molecule has 1 N–H and O–H groups in total. The normalized spacial score (nSPS) is 11.8. The van der Waals surface area contributed by atoms with Gasteiger partial charge in [-0.3, -0.25) is 0 Å². The first kappa shape index (κ1) is 7.79. The quantitative estimate of drug-likeness (QED) is 0.619. The van der Waals surface area contributed by atoms with Crippen molar-refractivity contribution in [1.29, 1.82) is 0 Å². The molecule has 2 heteroatoms. The van der Waals surface area contributed by atoms with E-state index in [1.807, 2.05) is 55.2 Å². The van der Waals surface area contributed by atoms with Crippen molar-refractivity contribution in [2.24, 2.45) is 0 Å². The Hall–Kier alpha value is -1.31. The topological polar surface area (TPSA) is 19.7 Å². The van der Waals surface area contributed by atoms with Crippen LogP contribution in [0.25, 0.3) is 12.3 Å². The summed E-state index contributed by atoms with van der Waals surface area (Å²) in [5.74, 6) is 1.09. The van der Waals surface area contributed by atoms with Gasteiger partial charge in [0.25, 0.3) is 5.82 Å². The molecule has 0 saturated carbocycles. The molecule has 0 atom stereocenters. The molecule has 0 aliphatic rings. The van der Waals surface area contributed by atoms with Gasteiger partial charge in [0.15, 0.2) is 0 Å². The van der Waals surface area contributed by atoms with Crippen LogP contribution in [-0.4, -0.2) is 4.98 Å². The third kappa shape index (κ3) is 1.80. The lowest BCUT2D eigenvalue weighted by molar-refractivity contribution is -0.568. The molecule has 0 radical (unpaired) electrons. The largest absolute Gasteiger partial charge is 0.283 e. The van der Waals surface area contributed by atoms with Crippen LogP contribution in [0.3, 0.4) is 0 Å². The molecule has 1 heterocycles. The lowest BCUT2D eigenvalue weighted by Crippen LogP contribution is -2.26. The molecule has 0 aromatic carbocycles. The summed E-state index contributed by atoms with van der Waals surface area (Å²) in [6.45, 7) is 4.00. The molecule has 1 aromatic rings. The molecule has 1 rings (SSSR count). The van der Waals surface area contributed by atoms with Gasteiger partial charge in [-0.25, -0.2) is 9.55 Å². The van der Waals surface area contributed by atoms with Crippen LogP contribution in [0.5, 0.6) is 0 Å². The summed E-state index contributed by atoms with van der Waals surface area (Å²) in [5, 5.41) is 0. The van der Waals surface area contributed by atoms with Crippen LogP contribution in [0.4, 0.5) is 0 Å². The number of hydrogen-bond acceptors (Lipinski definition) is 0. The van der Waals surface area contributed by atoms with Gasteiger partial charge in [-0.05, 0) is 19.9 Å². The Morgan fingerprint density at radius 1 is 1.36 bits per heavy atom. The summed E-state index contributed by atoms with van der Waals surface area (Å²) in [5.41, 5.74) is 0. The Morgan fingerprint density at radius 3 is 2.82 bits per heavy atom. The van der Waals surface area contributed by atoms with E-state index >= 15 is 0 Å². The summed E-state index contributed by atoms with van der Waals surface area (Å²) in [7, 11) is 0. The van der Waals surface area contributed by atoms with Crippen LogP contribution in [0.1, 0.15) is 19.7 Å². The fourth-order valence-corrected chi connectivity index (χ4v) is 0.940. The highest BCUT2D eigenvalue weighted by Gasteiger charge is 2.00. The Balaban J connectivity index is 2.95. The van der Waals surface area contributed by atoms with Gasteiger partial charge in [0.1, 0.15) is 12.4 Å². The van der Waals surface area contributed by atoms with Crippen molar-refractivity contribution in [2.45, 2.75) is 13.8 Å². The molecule has 11 heavy (non-hydrogen) atoms. The van der Waals surface area contributed by atoms with Gasteiger partial charge in [0.05, 0.1) is 6.20 Å². The second-order valence-electron chi connectivity index (χ2n) is 2.23. The number of hydrogen-bond donors (Lipinski definition) is 1. The molecule has 58 valence electrons. The Bertz CT molecular complexity index is 242. The first-order chi connectivity index (χ1) is 5.38. The number of nitrogens with one attached hydrogen (secondary N) is 1. The molecule has 1 aromatic heterocycles. The van der Waals surface area contributed by atoms with E-state index in [0.717, 1.165) is 5.82 Å². The molecule has 0 amide bonds. The minimum Gasteiger partial charge on any atom is -0.243 e. The predicted octanol–water partition coefficient (Wildman–Crippen LogP) is 1.83. The number of H-pyrrole nitrogens is 1. The van der Waals surface area contributed by atoms with E-state index in [2.05, 4.69) is 4.98 Å². The zero-order valence-corrected chi connectivity index (χ0v) is 6.91. The van der Waals surface area contributed by atoms with E-state index in [9.17, 15) is 0 Å². The van der Waals surface area contributed by atoms with Gasteiger partial charge in [-0.15, -0.1) is 0 Å². The summed E-state index contributed by atoms with van der Waals surface area (Å²) in [6.07, 6.45) is 11.9. The van der Waals surface area contributed by atoms with Crippen molar-refractivity contribution < 1.29 is 4.57 Å². The van der Waals surface area contributed by atoms with Crippen LogP contribution >= 0.6 is 0 Å². The second kappa shape index (κ2) is 3.76. The highest BCUT2D eigenvalue weighted by Crippen LogP contribution is 1.89. The number of imidazole rings is 1. The number of allylic oxidation sites excluding steroid dienone is 2. The molecule has 0 saturated heterocycles. The number of nitrogens with zero attached hydrogens (tertiary/aromatic N) is 1. The molecule has 0 bridgehead atoms. The van der Waals surface area contributed by atoms with Gasteiger partial charge in [-0.2, -0.15) is 0 Å². The van der Waals surface area contributed by atoms with E-state index in [-0.39, 0.29) is 0 Å². The van der Waals surface area contributed by atoms with E-state index in [0.29, 0.717) is 0 Å². The van der Waals surface area contributed by atoms with Crippen LogP contribution in [0.15, 0.2) is 24.5 Å². The average molecular weight is 149 g/mol. The van der Waals surface area contributed by atoms with Crippen molar-refractivity contribution in [1.82, 2.24) is 4.98 Å². The monoisotopic (exact) mass is 149 g/mol. The van der Waals surface area contributed by atoms with Crippen molar-refractivity contribution >= 4 is 12.3 Å². The first-order valence-corrected chi connectivity index (χ1v) is 3.72. The average Bonchev–Trinajstić information content (AvgIpc) is 2.39. The zero-order chi connectivity index (χ0) is 8.10. The van der Waals surface area contributed by atoms with Crippen molar-refractivity contribution in [3.05, 3.63) is 30.4 Å². The Kier molecular flexibility index (Phi) is 2.66. The second-order valence-corrected chi connectivity index (χ2v) is 2.23. The third-order valence-electron chi connectivity index (χ3n) is 1.38. The molecule has 0 aliphatic heterocycles.